The normalized spacial score (nSPS) is 11.1. The van der Waals surface area contributed by atoms with Crippen LogP contribution in [0.4, 0.5) is 5.69 Å². The molecule has 0 radical (unpaired) electrons. The smallest absolute Gasteiger partial charge is 0.257 e. The second kappa shape index (κ2) is 6.33. The first-order chi connectivity index (χ1) is 9.83. The van der Waals surface area contributed by atoms with Crippen molar-refractivity contribution in [2.75, 3.05) is 5.32 Å². The van der Waals surface area contributed by atoms with Crippen LogP contribution in [0.15, 0.2) is 47.2 Å². The van der Waals surface area contributed by atoms with Gasteiger partial charge in [-0.3, -0.25) is 9.78 Å². The first kappa shape index (κ1) is 15.6. The van der Waals surface area contributed by atoms with Crippen molar-refractivity contribution in [2.45, 2.75) is 5.75 Å². The molecule has 0 saturated heterocycles. The van der Waals surface area contributed by atoms with Gasteiger partial charge in [0.25, 0.3) is 5.91 Å². The van der Waals surface area contributed by atoms with Gasteiger partial charge >= 0.3 is 0 Å². The number of nitrogens with one attached hydrogen (secondary N) is 1. The predicted molar refractivity (Wildman–Crippen MR) is 83.1 cm³/mol. The number of rotatable bonds is 4. The van der Waals surface area contributed by atoms with Gasteiger partial charge in [0, 0.05) is 22.6 Å². The van der Waals surface area contributed by atoms with E-state index in [-0.39, 0.29) is 11.7 Å². The minimum atomic E-state index is -3.56. The first-order valence-corrected chi connectivity index (χ1v) is 8.36. The van der Waals surface area contributed by atoms with Crippen LogP contribution in [-0.2, 0) is 15.8 Å². The molecule has 2 rings (SSSR count). The summed E-state index contributed by atoms with van der Waals surface area (Å²) in [4.78, 5) is 15.9. The Morgan fingerprint density at radius 3 is 2.48 bits per heavy atom. The maximum absolute atomic E-state index is 12.0. The molecule has 0 aliphatic rings. The third kappa shape index (κ3) is 4.92. The molecule has 0 unspecified atom stereocenters. The van der Waals surface area contributed by atoms with Crippen LogP contribution in [0.3, 0.4) is 0 Å². The second-order valence-electron chi connectivity index (χ2n) is 4.35. The van der Waals surface area contributed by atoms with E-state index < -0.39 is 10.0 Å². The Labute approximate surface area is 130 Å². The standard InChI is InChI=1S/C13H12BrN3O3S/c14-11-5-10(6-16-7-11)13(18)17-12-3-1-9(2-4-12)8-21(15,19)20/h1-7H,8H2,(H,17,18)(H2,15,19,20). The molecule has 0 bridgehead atoms. The number of halogens is 1. The Morgan fingerprint density at radius 1 is 1.24 bits per heavy atom. The van der Waals surface area contributed by atoms with Crippen molar-refractivity contribution in [3.8, 4) is 0 Å². The summed E-state index contributed by atoms with van der Waals surface area (Å²) in [6.07, 6.45) is 3.04. The second-order valence-corrected chi connectivity index (χ2v) is 6.88. The van der Waals surface area contributed by atoms with Crippen molar-refractivity contribution in [2.24, 2.45) is 5.14 Å². The Balaban J connectivity index is 2.08. The molecule has 1 aromatic carbocycles. The van der Waals surface area contributed by atoms with E-state index in [1.165, 1.54) is 6.20 Å². The van der Waals surface area contributed by atoms with Gasteiger partial charge < -0.3 is 5.32 Å². The Kier molecular flexibility index (Phi) is 4.71. The Bertz CT molecular complexity index is 760. The maximum Gasteiger partial charge on any atom is 0.257 e. The quantitative estimate of drug-likeness (QED) is 0.858. The molecule has 1 aromatic heterocycles. The molecular formula is C13H12BrN3O3S. The number of nitrogens with zero attached hydrogens (tertiary/aromatic N) is 1. The fourth-order valence-electron chi connectivity index (χ4n) is 1.66. The van der Waals surface area contributed by atoms with Crippen LogP contribution in [-0.4, -0.2) is 19.3 Å². The number of amides is 1. The first-order valence-electron chi connectivity index (χ1n) is 5.85. The van der Waals surface area contributed by atoms with Gasteiger partial charge in [-0.1, -0.05) is 12.1 Å². The predicted octanol–water partition coefficient (Wildman–Crippen LogP) is 1.88. The van der Waals surface area contributed by atoms with Crippen LogP contribution in [0.25, 0.3) is 0 Å². The highest BCUT2D eigenvalue weighted by Crippen LogP contribution is 2.14. The van der Waals surface area contributed by atoms with Gasteiger partial charge in [-0.2, -0.15) is 0 Å². The molecule has 0 atom stereocenters. The van der Waals surface area contributed by atoms with E-state index in [9.17, 15) is 13.2 Å². The largest absolute Gasteiger partial charge is 0.322 e. The van der Waals surface area contributed by atoms with Crippen molar-refractivity contribution in [3.63, 3.8) is 0 Å². The molecule has 1 heterocycles. The lowest BCUT2D eigenvalue weighted by atomic mass is 10.2. The van der Waals surface area contributed by atoms with Crippen LogP contribution in [0.2, 0.25) is 0 Å². The number of hydrogen-bond acceptors (Lipinski definition) is 4. The number of nitrogens with two attached hydrogens (primary N) is 1. The van der Waals surface area contributed by atoms with Gasteiger partial charge in [0.1, 0.15) is 0 Å². The average Bonchev–Trinajstić information content (AvgIpc) is 2.39. The lowest BCUT2D eigenvalue weighted by molar-refractivity contribution is 0.102. The van der Waals surface area contributed by atoms with Crippen molar-refractivity contribution in [3.05, 3.63) is 58.3 Å². The van der Waals surface area contributed by atoms with E-state index in [1.807, 2.05) is 0 Å². The maximum atomic E-state index is 12.0. The fraction of sp³-hybridized carbons (Fsp3) is 0.0769. The van der Waals surface area contributed by atoms with E-state index in [1.54, 1.807) is 36.5 Å². The summed E-state index contributed by atoms with van der Waals surface area (Å²) in [5, 5.41) is 7.66. The molecule has 3 N–H and O–H groups in total. The molecule has 0 spiro atoms. The van der Waals surface area contributed by atoms with Crippen molar-refractivity contribution in [1.82, 2.24) is 4.98 Å². The van der Waals surface area contributed by atoms with Gasteiger partial charge in [-0.25, -0.2) is 13.6 Å². The SMILES string of the molecule is NS(=O)(=O)Cc1ccc(NC(=O)c2cncc(Br)c2)cc1. The number of carbonyl (C=O) groups is 1. The number of primary sulfonamides is 1. The van der Waals surface area contributed by atoms with E-state index in [0.717, 1.165) is 0 Å². The van der Waals surface area contributed by atoms with Crippen molar-refractivity contribution in [1.29, 1.82) is 0 Å². The third-order valence-electron chi connectivity index (χ3n) is 2.55. The summed E-state index contributed by atoms with van der Waals surface area (Å²) in [6, 6.07) is 8.07. The highest BCUT2D eigenvalue weighted by Gasteiger charge is 2.08. The molecule has 6 nitrogen and oxygen atoms in total. The molecule has 0 fully saturated rings. The molecule has 0 aliphatic carbocycles. The minimum absolute atomic E-state index is 0.239. The molecule has 8 heteroatoms. The number of hydrogen-bond donors (Lipinski definition) is 2. The highest BCUT2D eigenvalue weighted by molar-refractivity contribution is 9.10. The van der Waals surface area contributed by atoms with Crippen molar-refractivity contribution < 1.29 is 13.2 Å². The lowest BCUT2D eigenvalue weighted by Crippen LogP contribution is -2.15. The summed E-state index contributed by atoms with van der Waals surface area (Å²) in [5.74, 6) is -0.542. The molecule has 0 saturated carbocycles. The van der Waals surface area contributed by atoms with Crippen LogP contribution in [0, 0.1) is 0 Å². The zero-order valence-electron chi connectivity index (χ0n) is 10.8. The summed E-state index contributed by atoms with van der Waals surface area (Å²) >= 11 is 3.24. The number of carbonyl (C=O) groups excluding carboxylic acids is 1. The zero-order chi connectivity index (χ0) is 15.5. The van der Waals surface area contributed by atoms with Gasteiger partial charge in [0.2, 0.25) is 10.0 Å². The van der Waals surface area contributed by atoms with Gasteiger partial charge in [0.15, 0.2) is 0 Å². The zero-order valence-corrected chi connectivity index (χ0v) is 13.2. The van der Waals surface area contributed by atoms with Crippen LogP contribution >= 0.6 is 15.9 Å². The minimum Gasteiger partial charge on any atom is -0.322 e. The van der Waals surface area contributed by atoms with E-state index >= 15 is 0 Å². The number of anilines is 1. The summed E-state index contributed by atoms with van der Waals surface area (Å²) in [5.41, 5.74) is 1.52. The molecule has 21 heavy (non-hydrogen) atoms. The Hall–Kier alpha value is -1.77. The lowest BCUT2D eigenvalue weighted by Gasteiger charge is -2.06. The van der Waals surface area contributed by atoms with Gasteiger partial charge in [0.05, 0.1) is 11.3 Å². The van der Waals surface area contributed by atoms with Gasteiger partial charge in [-0.05, 0) is 39.7 Å². The van der Waals surface area contributed by atoms with Crippen LogP contribution < -0.4 is 10.5 Å². The molecule has 0 aliphatic heterocycles. The van der Waals surface area contributed by atoms with Crippen molar-refractivity contribution >= 4 is 37.5 Å². The van der Waals surface area contributed by atoms with Crippen LogP contribution in [0.5, 0.6) is 0 Å². The Morgan fingerprint density at radius 2 is 1.90 bits per heavy atom. The highest BCUT2D eigenvalue weighted by atomic mass is 79.9. The molecule has 2 aromatic rings. The summed E-state index contributed by atoms with van der Waals surface area (Å²) in [7, 11) is -3.56. The summed E-state index contributed by atoms with van der Waals surface area (Å²) in [6.45, 7) is 0. The van der Waals surface area contributed by atoms with E-state index in [0.29, 0.717) is 21.3 Å². The van der Waals surface area contributed by atoms with E-state index in [2.05, 4.69) is 26.2 Å². The number of pyridine rings is 1. The third-order valence-corrected chi connectivity index (χ3v) is 3.72. The number of benzene rings is 1. The number of aromatic nitrogens is 1. The van der Waals surface area contributed by atoms with Gasteiger partial charge in [-0.15, -0.1) is 0 Å². The number of sulfonamides is 1. The van der Waals surface area contributed by atoms with Crippen LogP contribution in [0.1, 0.15) is 15.9 Å². The monoisotopic (exact) mass is 369 g/mol. The summed E-state index contributed by atoms with van der Waals surface area (Å²) < 4.78 is 22.7. The van der Waals surface area contributed by atoms with E-state index in [4.69, 9.17) is 5.14 Å². The topological polar surface area (TPSA) is 102 Å². The molecule has 110 valence electrons. The fourth-order valence-corrected chi connectivity index (χ4v) is 2.68. The molecular weight excluding hydrogens is 358 g/mol. The molecule has 1 amide bonds. The average molecular weight is 370 g/mol.